The quantitative estimate of drug-likeness (QED) is 0.164. The third kappa shape index (κ3) is 5.35. The number of aromatic nitrogens is 6. The molecule has 4 aromatic heterocycles. The zero-order valence-corrected chi connectivity index (χ0v) is 30.2. The molecule has 0 N–H and O–H groups in total. The lowest BCUT2D eigenvalue weighted by molar-refractivity contribution is -0.137. The summed E-state index contributed by atoms with van der Waals surface area (Å²) in [6.45, 7) is 10.6. The first-order chi connectivity index (χ1) is 27.8. The van der Waals surface area contributed by atoms with Crippen molar-refractivity contribution in [2.24, 2.45) is 0 Å². The first-order valence-corrected chi connectivity index (χ1v) is 18.2. The summed E-state index contributed by atoms with van der Waals surface area (Å²) in [6, 6.07) is 38.7. The minimum absolute atomic E-state index is 0.0198. The minimum atomic E-state index is -4.66. The normalized spacial score (nSPS) is 11.8. The molecular weight excluding hydrogens is 720 g/mol. The van der Waals surface area contributed by atoms with Crippen LogP contribution in [0.2, 0.25) is 0 Å². The number of fused-ring (bicyclic) bond motifs is 6. The van der Waals surface area contributed by atoms with E-state index < -0.39 is 11.7 Å². The van der Waals surface area contributed by atoms with Crippen LogP contribution in [0.3, 0.4) is 0 Å². The fraction of sp³-hybridized carbons (Fsp3) is 0.0426. The van der Waals surface area contributed by atoms with E-state index in [0.717, 1.165) is 60.8 Å². The molecule has 0 spiro atoms. The maximum Gasteiger partial charge on any atom is 0.417 e. The van der Waals surface area contributed by atoms with Gasteiger partial charge in [-0.05, 0) is 96.4 Å². The summed E-state index contributed by atoms with van der Waals surface area (Å²) >= 11 is 0. The van der Waals surface area contributed by atoms with E-state index in [9.17, 15) is 13.2 Å². The summed E-state index contributed by atoms with van der Waals surface area (Å²) in [5.41, 5.74) is 5.77. The van der Waals surface area contributed by atoms with Crippen molar-refractivity contribution in [3.05, 3.63) is 175 Å². The zero-order chi connectivity index (χ0) is 38.8. The standard InChI is InChI=1S/C47H28F3N7/c1-28-10-7-13-36(47(48,49)50)42(28)33-18-21-41(56-37-14-5-3-11-31(37)34-26-29(16-19-39(34)56)45-52-22-8-23-53-45)43(51-2)44(33)57-38-15-6-4-12-32(38)35-27-30(17-20-40(35)57)46-54-24-9-25-55-46/h3-27H,1H3. The summed E-state index contributed by atoms with van der Waals surface area (Å²) in [5, 5.41) is 3.57. The molecule has 0 saturated heterocycles. The highest BCUT2D eigenvalue weighted by Gasteiger charge is 2.36. The van der Waals surface area contributed by atoms with E-state index in [1.165, 1.54) is 6.07 Å². The molecule has 0 radical (unpaired) electrons. The molecule has 272 valence electrons. The van der Waals surface area contributed by atoms with E-state index >= 15 is 0 Å². The fourth-order valence-electron chi connectivity index (χ4n) is 8.17. The van der Waals surface area contributed by atoms with Gasteiger partial charge in [-0.1, -0.05) is 54.6 Å². The Morgan fingerprint density at radius 2 is 1.07 bits per heavy atom. The summed E-state index contributed by atoms with van der Waals surface area (Å²) in [7, 11) is 0. The predicted molar refractivity (Wildman–Crippen MR) is 219 cm³/mol. The fourth-order valence-corrected chi connectivity index (χ4v) is 8.17. The van der Waals surface area contributed by atoms with Crippen molar-refractivity contribution in [1.82, 2.24) is 29.1 Å². The molecule has 0 aliphatic carbocycles. The number of hydrogen-bond acceptors (Lipinski definition) is 4. The Hall–Kier alpha value is -7.64. The Kier molecular flexibility index (Phi) is 7.73. The second-order valence-corrected chi connectivity index (χ2v) is 13.8. The Morgan fingerprint density at radius 1 is 0.544 bits per heavy atom. The molecule has 7 nitrogen and oxygen atoms in total. The average Bonchev–Trinajstić information content (AvgIpc) is 3.75. The second kappa shape index (κ2) is 13.0. The third-order valence-corrected chi connectivity index (χ3v) is 10.5. The topological polar surface area (TPSA) is 65.8 Å². The molecule has 0 unspecified atom stereocenters. The van der Waals surface area contributed by atoms with E-state index in [1.807, 2.05) is 94.1 Å². The number of rotatable bonds is 5. The van der Waals surface area contributed by atoms with Gasteiger partial charge in [0.1, 0.15) is 0 Å². The number of halogens is 3. The van der Waals surface area contributed by atoms with Crippen LogP contribution < -0.4 is 0 Å². The van der Waals surface area contributed by atoms with Crippen molar-refractivity contribution in [1.29, 1.82) is 0 Å². The van der Waals surface area contributed by atoms with Gasteiger partial charge in [0.25, 0.3) is 0 Å². The molecule has 0 aliphatic heterocycles. The lowest BCUT2D eigenvalue weighted by atomic mass is 9.92. The Balaban J connectivity index is 1.34. The molecule has 0 aliphatic rings. The largest absolute Gasteiger partial charge is 0.417 e. The van der Waals surface area contributed by atoms with E-state index in [0.29, 0.717) is 28.6 Å². The maximum atomic E-state index is 15.0. The van der Waals surface area contributed by atoms with Crippen molar-refractivity contribution in [3.8, 4) is 45.3 Å². The monoisotopic (exact) mass is 747 g/mol. The summed E-state index contributed by atoms with van der Waals surface area (Å²) in [4.78, 5) is 22.1. The molecule has 0 amide bonds. The molecule has 57 heavy (non-hydrogen) atoms. The van der Waals surface area contributed by atoms with Crippen LogP contribution in [0.5, 0.6) is 0 Å². The van der Waals surface area contributed by atoms with Crippen LogP contribution in [0.25, 0.3) is 93.7 Å². The van der Waals surface area contributed by atoms with Gasteiger partial charge in [0.15, 0.2) is 11.6 Å². The van der Waals surface area contributed by atoms with Gasteiger partial charge >= 0.3 is 6.18 Å². The average molecular weight is 748 g/mol. The summed E-state index contributed by atoms with van der Waals surface area (Å²) < 4.78 is 49.0. The maximum absolute atomic E-state index is 15.0. The van der Waals surface area contributed by atoms with Crippen molar-refractivity contribution in [2.45, 2.75) is 13.1 Å². The van der Waals surface area contributed by atoms with Gasteiger partial charge in [-0.25, -0.2) is 24.8 Å². The molecule has 10 heteroatoms. The molecule has 4 heterocycles. The zero-order valence-electron chi connectivity index (χ0n) is 30.2. The van der Waals surface area contributed by atoms with Crippen LogP contribution >= 0.6 is 0 Å². The summed E-state index contributed by atoms with van der Waals surface area (Å²) in [6.07, 6.45) is 2.10. The highest BCUT2D eigenvalue weighted by molar-refractivity contribution is 6.13. The first-order valence-electron chi connectivity index (χ1n) is 18.2. The highest BCUT2D eigenvalue weighted by atomic mass is 19.4. The highest BCUT2D eigenvalue weighted by Crippen LogP contribution is 2.49. The number of para-hydroxylation sites is 2. The van der Waals surface area contributed by atoms with Gasteiger partial charge < -0.3 is 9.13 Å². The lowest BCUT2D eigenvalue weighted by Crippen LogP contribution is -2.10. The second-order valence-electron chi connectivity index (χ2n) is 13.8. The van der Waals surface area contributed by atoms with Crippen molar-refractivity contribution in [2.75, 3.05) is 0 Å². The van der Waals surface area contributed by atoms with E-state index in [2.05, 4.69) is 24.8 Å². The lowest BCUT2D eigenvalue weighted by Gasteiger charge is -2.23. The van der Waals surface area contributed by atoms with Crippen molar-refractivity contribution < 1.29 is 13.2 Å². The van der Waals surface area contributed by atoms with Gasteiger partial charge in [-0.3, -0.25) is 0 Å². The molecule has 6 aromatic carbocycles. The molecule has 0 saturated carbocycles. The third-order valence-electron chi connectivity index (χ3n) is 10.5. The van der Waals surface area contributed by atoms with Crippen molar-refractivity contribution >= 4 is 49.3 Å². The predicted octanol–water partition coefficient (Wildman–Crippen LogP) is 12.3. The molecule has 0 bridgehead atoms. The Bertz CT molecular complexity index is 3250. The minimum Gasteiger partial charge on any atom is -0.319 e. The Morgan fingerprint density at radius 3 is 1.63 bits per heavy atom. The van der Waals surface area contributed by atoms with Gasteiger partial charge in [-0.2, -0.15) is 13.2 Å². The molecular formula is C47H28F3N7. The summed E-state index contributed by atoms with van der Waals surface area (Å²) in [5.74, 6) is 1.13. The SMILES string of the molecule is [C-]#[N+]c1c(-n2c3ccccc3c3cc(-c4ncccn4)ccc32)ccc(-c2c(C)cccc2C(F)(F)F)c1-n1c2ccccc2c2cc(-c3ncccn3)ccc21. The van der Waals surface area contributed by atoms with Crippen LogP contribution in [0, 0.1) is 13.5 Å². The molecule has 10 aromatic rings. The van der Waals surface area contributed by atoms with Crippen molar-refractivity contribution in [3.63, 3.8) is 0 Å². The van der Waals surface area contributed by atoms with Crippen LogP contribution in [0.1, 0.15) is 11.1 Å². The smallest absolute Gasteiger partial charge is 0.319 e. The first kappa shape index (κ1) is 33.9. The number of nitrogens with zero attached hydrogens (tertiary/aromatic N) is 7. The van der Waals surface area contributed by atoms with Gasteiger partial charge in [-0.15, -0.1) is 0 Å². The number of alkyl halides is 3. The van der Waals surface area contributed by atoms with Gasteiger partial charge in [0.05, 0.1) is 45.6 Å². The van der Waals surface area contributed by atoms with Gasteiger partial charge in [0.2, 0.25) is 5.69 Å². The van der Waals surface area contributed by atoms with Crippen LogP contribution in [0.4, 0.5) is 18.9 Å². The number of benzene rings is 6. The van der Waals surface area contributed by atoms with Crippen LogP contribution in [0.15, 0.2) is 152 Å². The number of aryl methyl sites for hydroxylation is 1. The van der Waals surface area contributed by atoms with Crippen LogP contribution in [-0.2, 0) is 6.18 Å². The van der Waals surface area contributed by atoms with E-state index in [1.54, 1.807) is 62.0 Å². The molecule has 10 rings (SSSR count). The molecule has 0 atom stereocenters. The van der Waals surface area contributed by atoms with Crippen LogP contribution in [-0.4, -0.2) is 29.1 Å². The number of hydrogen-bond donors (Lipinski definition) is 0. The van der Waals surface area contributed by atoms with E-state index in [-0.39, 0.29) is 16.8 Å². The van der Waals surface area contributed by atoms with Gasteiger partial charge in [0, 0.05) is 57.5 Å². The Labute approximate surface area is 323 Å². The van der Waals surface area contributed by atoms with E-state index in [4.69, 9.17) is 6.57 Å². The molecule has 0 fully saturated rings.